The second-order valence-electron chi connectivity index (χ2n) is 9.43. The van der Waals surface area contributed by atoms with Crippen LogP contribution in [0.15, 0.2) is 28.0 Å². The number of unbranched alkanes of at least 4 members (excludes halogenated alkanes) is 2. The summed E-state index contributed by atoms with van der Waals surface area (Å²) in [6.45, 7) is 10.9. The van der Waals surface area contributed by atoms with E-state index in [1.54, 1.807) is 21.6 Å². The lowest BCUT2D eigenvalue weighted by molar-refractivity contribution is -0.122. The quantitative estimate of drug-likeness (QED) is 0.331. The van der Waals surface area contributed by atoms with Gasteiger partial charge < -0.3 is 4.90 Å². The summed E-state index contributed by atoms with van der Waals surface area (Å²) in [6.07, 6.45) is 7.69. The lowest BCUT2D eigenvalue weighted by atomic mass is 9.91. The van der Waals surface area contributed by atoms with Gasteiger partial charge in [0.1, 0.15) is 15.8 Å². The van der Waals surface area contributed by atoms with Crippen LogP contribution in [0.2, 0.25) is 0 Å². The molecule has 2 saturated heterocycles. The number of thioether (sulfide) groups is 1. The van der Waals surface area contributed by atoms with Crippen LogP contribution in [0.25, 0.3) is 11.7 Å². The maximum absolute atomic E-state index is 13.7. The first-order valence-corrected chi connectivity index (χ1v) is 13.0. The number of anilines is 1. The molecule has 8 heteroatoms. The standard InChI is InChI=1S/C25H32N4O2S2/c1-5-6-7-10-29-24(31)20(33-25(29)32)13-19-22(27-14-16(2)12-17(3)15-27)26-21-18(4)9-8-11-28(21)23(19)30/h8-9,11,13,16-17H,5-7,10,12,14-15H2,1-4H3/b20-13-. The number of aryl methyl sites for hydroxylation is 1. The first-order chi connectivity index (χ1) is 15.8. The normalized spacial score (nSPS) is 22.7. The van der Waals surface area contributed by atoms with Crippen molar-refractivity contribution in [3.05, 3.63) is 44.7 Å². The minimum Gasteiger partial charge on any atom is -0.355 e. The molecule has 0 N–H and O–H groups in total. The monoisotopic (exact) mass is 484 g/mol. The zero-order valence-electron chi connectivity index (χ0n) is 19.8. The minimum absolute atomic E-state index is 0.110. The number of carbonyl (C=O) groups is 1. The van der Waals surface area contributed by atoms with E-state index in [0.717, 1.165) is 44.3 Å². The van der Waals surface area contributed by atoms with E-state index >= 15 is 0 Å². The number of rotatable bonds is 6. The van der Waals surface area contributed by atoms with Gasteiger partial charge in [-0.2, -0.15) is 0 Å². The number of hydrogen-bond acceptors (Lipinski definition) is 6. The van der Waals surface area contributed by atoms with Crippen molar-refractivity contribution in [3.63, 3.8) is 0 Å². The molecule has 0 saturated carbocycles. The summed E-state index contributed by atoms with van der Waals surface area (Å²) in [5, 5.41) is 0. The molecule has 2 aliphatic heterocycles. The van der Waals surface area contributed by atoms with Crippen molar-refractivity contribution in [2.75, 3.05) is 24.5 Å². The number of piperidine rings is 1. The highest BCUT2D eigenvalue weighted by atomic mass is 32.2. The molecule has 0 spiro atoms. The largest absolute Gasteiger partial charge is 0.355 e. The zero-order valence-corrected chi connectivity index (χ0v) is 21.5. The minimum atomic E-state index is -0.152. The van der Waals surface area contributed by atoms with Gasteiger partial charge in [-0.3, -0.25) is 18.9 Å². The molecule has 0 radical (unpaired) electrons. The number of pyridine rings is 1. The Morgan fingerprint density at radius 2 is 1.94 bits per heavy atom. The Kier molecular flexibility index (Phi) is 7.24. The SMILES string of the molecule is CCCCCN1C(=O)/C(=C/c2c(N3CC(C)CC(C)C3)nc3c(C)cccn3c2=O)SC1=S. The Morgan fingerprint density at radius 3 is 2.64 bits per heavy atom. The molecule has 2 aliphatic rings. The Hall–Kier alpha value is -2.19. The fraction of sp³-hybridized carbons (Fsp3) is 0.520. The van der Waals surface area contributed by atoms with Gasteiger partial charge in [-0.25, -0.2) is 4.98 Å². The molecular weight excluding hydrogens is 452 g/mol. The maximum Gasteiger partial charge on any atom is 0.267 e. The third-order valence-electron chi connectivity index (χ3n) is 6.37. The smallest absolute Gasteiger partial charge is 0.267 e. The summed E-state index contributed by atoms with van der Waals surface area (Å²) in [4.78, 5) is 36.2. The lowest BCUT2D eigenvalue weighted by Crippen LogP contribution is -2.40. The number of hydrogen-bond donors (Lipinski definition) is 0. The molecule has 2 unspecified atom stereocenters. The average molecular weight is 485 g/mol. The van der Waals surface area contributed by atoms with Crippen molar-refractivity contribution in [2.45, 2.75) is 53.4 Å². The molecule has 2 atom stereocenters. The zero-order chi connectivity index (χ0) is 23.7. The molecule has 0 aliphatic carbocycles. The van der Waals surface area contributed by atoms with Crippen molar-refractivity contribution in [2.24, 2.45) is 11.8 Å². The van der Waals surface area contributed by atoms with Crippen molar-refractivity contribution in [3.8, 4) is 0 Å². The van der Waals surface area contributed by atoms with E-state index in [4.69, 9.17) is 17.2 Å². The summed E-state index contributed by atoms with van der Waals surface area (Å²) in [6, 6.07) is 3.82. The highest BCUT2D eigenvalue weighted by Crippen LogP contribution is 2.35. The number of thiocarbonyl (C=S) groups is 1. The van der Waals surface area contributed by atoms with E-state index in [9.17, 15) is 9.59 Å². The van der Waals surface area contributed by atoms with E-state index in [1.165, 1.54) is 11.8 Å². The molecule has 4 rings (SSSR count). The summed E-state index contributed by atoms with van der Waals surface area (Å²) in [7, 11) is 0. The van der Waals surface area contributed by atoms with E-state index in [0.29, 0.717) is 44.6 Å². The molecule has 0 bridgehead atoms. The van der Waals surface area contributed by atoms with Crippen molar-refractivity contribution < 1.29 is 4.79 Å². The molecule has 2 fully saturated rings. The first kappa shape index (κ1) is 24.0. The van der Waals surface area contributed by atoms with Crippen LogP contribution in [-0.2, 0) is 4.79 Å². The van der Waals surface area contributed by atoms with Crippen LogP contribution >= 0.6 is 24.0 Å². The van der Waals surface area contributed by atoms with Crippen LogP contribution in [0.1, 0.15) is 57.6 Å². The molecule has 2 aromatic heterocycles. The number of aromatic nitrogens is 2. The van der Waals surface area contributed by atoms with Crippen LogP contribution in [-0.4, -0.2) is 44.1 Å². The average Bonchev–Trinajstić information content (AvgIpc) is 3.03. The van der Waals surface area contributed by atoms with Crippen molar-refractivity contribution in [1.29, 1.82) is 0 Å². The second kappa shape index (κ2) is 9.97. The van der Waals surface area contributed by atoms with Gasteiger partial charge in [0.15, 0.2) is 0 Å². The summed E-state index contributed by atoms with van der Waals surface area (Å²) >= 11 is 6.78. The van der Waals surface area contributed by atoms with Gasteiger partial charge in [-0.05, 0) is 49.3 Å². The molecule has 33 heavy (non-hydrogen) atoms. The summed E-state index contributed by atoms with van der Waals surface area (Å²) in [5.74, 6) is 1.58. The number of carbonyl (C=O) groups excluding carboxylic acids is 1. The summed E-state index contributed by atoms with van der Waals surface area (Å²) in [5.41, 5.74) is 1.92. The molecule has 176 valence electrons. The maximum atomic E-state index is 13.7. The van der Waals surface area contributed by atoms with Crippen LogP contribution in [0, 0.1) is 18.8 Å². The van der Waals surface area contributed by atoms with Gasteiger partial charge in [0.05, 0.1) is 10.5 Å². The van der Waals surface area contributed by atoms with Crippen LogP contribution in [0.4, 0.5) is 5.82 Å². The Labute approximate surface area is 205 Å². The Balaban J connectivity index is 1.81. The van der Waals surface area contributed by atoms with Crippen LogP contribution in [0.5, 0.6) is 0 Å². The topological polar surface area (TPSA) is 57.9 Å². The molecule has 1 amide bonds. The molecule has 2 aromatic rings. The van der Waals surface area contributed by atoms with Gasteiger partial charge in [-0.15, -0.1) is 0 Å². The highest BCUT2D eigenvalue weighted by molar-refractivity contribution is 8.26. The fourth-order valence-electron chi connectivity index (χ4n) is 4.85. The van der Waals surface area contributed by atoms with Gasteiger partial charge in [0, 0.05) is 25.8 Å². The Morgan fingerprint density at radius 1 is 1.21 bits per heavy atom. The van der Waals surface area contributed by atoms with Gasteiger partial charge in [-0.1, -0.05) is 63.7 Å². The number of amides is 1. The first-order valence-electron chi connectivity index (χ1n) is 11.8. The Bertz CT molecular complexity index is 1160. The number of fused-ring (bicyclic) bond motifs is 1. The predicted octanol–water partition coefficient (Wildman–Crippen LogP) is 4.88. The van der Waals surface area contributed by atoms with E-state index in [1.807, 2.05) is 19.1 Å². The van der Waals surface area contributed by atoms with Gasteiger partial charge >= 0.3 is 0 Å². The number of nitrogens with zero attached hydrogens (tertiary/aromatic N) is 4. The second-order valence-corrected chi connectivity index (χ2v) is 11.1. The summed E-state index contributed by atoms with van der Waals surface area (Å²) < 4.78 is 2.15. The van der Waals surface area contributed by atoms with Crippen LogP contribution < -0.4 is 10.5 Å². The van der Waals surface area contributed by atoms with Gasteiger partial charge in [0.2, 0.25) is 0 Å². The van der Waals surface area contributed by atoms with Gasteiger partial charge in [0.25, 0.3) is 11.5 Å². The van der Waals surface area contributed by atoms with Crippen LogP contribution in [0.3, 0.4) is 0 Å². The predicted molar refractivity (Wildman–Crippen MR) is 141 cm³/mol. The van der Waals surface area contributed by atoms with E-state index < -0.39 is 0 Å². The van der Waals surface area contributed by atoms with E-state index in [2.05, 4.69) is 25.7 Å². The lowest BCUT2D eigenvalue weighted by Gasteiger charge is -2.36. The molecule has 0 aromatic carbocycles. The third-order valence-corrected chi connectivity index (χ3v) is 7.74. The molecule has 6 nitrogen and oxygen atoms in total. The van der Waals surface area contributed by atoms with E-state index in [-0.39, 0.29) is 11.5 Å². The van der Waals surface area contributed by atoms with Crippen molar-refractivity contribution in [1.82, 2.24) is 14.3 Å². The van der Waals surface area contributed by atoms with Crippen molar-refractivity contribution >= 4 is 51.7 Å². The third kappa shape index (κ3) is 4.87. The fourth-order valence-corrected chi connectivity index (χ4v) is 6.14. The molecule has 4 heterocycles. The highest BCUT2D eigenvalue weighted by Gasteiger charge is 2.33. The molecular formula is C25H32N4O2S2.